The number of benzene rings is 2. The molecule has 0 aliphatic rings. The molecular weight excluding hydrogens is 346 g/mol. The fourth-order valence-electron chi connectivity index (χ4n) is 2.25. The second-order valence-electron chi connectivity index (χ2n) is 5.15. The summed E-state index contributed by atoms with van der Waals surface area (Å²) in [5.41, 5.74) is 4.54. The highest BCUT2D eigenvalue weighted by Gasteiger charge is 2.07. The van der Waals surface area contributed by atoms with Crippen LogP contribution in [0.3, 0.4) is 0 Å². The summed E-state index contributed by atoms with van der Waals surface area (Å²) in [6.07, 6.45) is 0. The average Bonchev–Trinajstić information content (AvgIpc) is 2.82. The monoisotopic (exact) mass is 361 g/mol. The van der Waals surface area contributed by atoms with E-state index in [1.54, 1.807) is 11.3 Å². The zero-order chi connectivity index (χ0) is 15.0. The Hall–Kier alpha value is -1.59. The maximum atomic E-state index is 4.63. The van der Waals surface area contributed by atoms with Gasteiger partial charge in [0, 0.05) is 29.9 Å². The van der Waals surface area contributed by atoms with E-state index in [1.807, 2.05) is 12.1 Å². The first-order valence-corrected chi connectivity index (χ1v) is 8.25. The molecule has 0 fully saturated rings. The number of halogens is 1. The molecule has 3 nitrogen and oxygen atoms in total. The molecule has 0 atom stereocenters. The number of thiazole rings is 1. The zero-order valence-corrected chi connectivity index (χ0v) is 14.5. The normalized spacial score (nSPS) is 10.9. The molecule has 108 valence electrons. The molecular formula is C16H16BrN3S. The van der Waals surface area contributed by atoms with Gasteiger partial charge in [0.05, 0.1) is 10.2 Å². The Morgan fingerprint density at radius 2 is 1.95 bits per heavy atom. The quantitative estimate of drug-likeness (QED) is 0.696. The summed E-state index contributed by atoms with van der Waals surface area (Å²) < 4.78 is 2.23. The van der Waals surface area contributed by atoms with Crippen molar-refractivity contribution in [2.24, 2.45) is 0 Å². The molecule has 1 aromatic heterocycles. The van der Waals surface area contributed by atoms with Gasteiger partial charge in [-0.2, -0.15) is 0 Å². The van der Waals surface area contributed by atoms with Crippen molar-refractivity contribution in [1.29, 1.82) is 0 Å². The van der Waals surface area contributed by atoms with E-state index < -0.39 is 0 Å². The van der Waals surface area contributed by atoms with E-state index in [-0.39, 0.29) is 0 Å². The van der Waals surface area contributed by atoms with Gasteiger partial charge < -0.3 is 10.2 Å². The fourth-order valence-corrected chi connectivity index (χ4v) is 3.46. The summed E-state index contributed by atoms with van der Waals surface area (Å²) in [4.78, 5) is 6.75. The first-order valence-electron chi connectivity index (χ1n) is 6.64. The predicted molar refractivity (Wildman–Crippen MR) is 96.1 cm³/mol. The van der Waals surface area contributed by atoms with Gasteiger partial charge in [-0.15, -0.1) is 0 Å². The number of nitrogens with zero attached hydrogens (tertiary/aromatic N) is 2. The second kappa shape index (κ2) is 5.66. The lowest BCUT2D eigenvalue weighted by atomic mass is 10.1. The molecule has 0 unspecified atom stereocenters. The summed E-state index contributed by atoms with van der Waals surface area (Å²) in [5, 5.41) is 4.31. The largest absolute Gasteiger partial charge is 0.377 e. The van der Waals surface area contributed by atoms with Crippen molar-refractivity contribution in [3.05, 3.63) is 46.4 Å². The van der Waals surface area contributed by atoms with Gasteiger partial charge in [0.25, 0.3) is 0 Å². The van der Waals surface area contributed by atoms with Crippen molar-refractivity contribution in [2.45, 2.75) is 6.92 Å². The van der Waals surface area contributed by atoms with Gasteiger partial charge in [-0.3, -0.25) is 0 Å². The van der Waals surface area contributed by atoms with Crippen LogP contribution in [-0.2, 0) is 0 Å². The Balaban J connectivity index is 1.93. The summed E-state index contributed by atoms with van der Waals surface area (Å²) in [5.74, 6) is 0. The van der Waals surface area contributed by atoms with Gasteiger partial charge in [0.2, 0.25) is 0 Å². The van der Waals surface area contributed by atoms with E-state index in [2.05, 4.69) is 76.4 Å². The highest BCUT2D eigenvalue weighted by molar-refractivity contribution is 9.10. The van der Waals surface area contributed by atoms with Crippen molar-refractivity contribution in [3.8, 4) is 0 Å². The molecule has 0 spiro atoms. The highest BCUT2D eigenvalue weighted by Crippen LogP contribution is 2.31. The topological polar surface area (TPSA) is 28.2 Å². The number of fused-ring (bicyclic) bond motifs is 1. The SMILES string of the molecule is Cc1ccc(Nc2nc3cc(Br)ccc3s2)cc1N(C)C. The van der Waals surface area contributed by atoms with Gasteiger partial charge in [-0.25, -0.2) is 4.98 Å². The van der Waals surface area contributed by atoms with Crippen molar-refractivity contribution >= 4 is 54.0 Å². The molecule has 1 N–H and O–H groups in total. The number of hydrogen-bond acceptors (Lipinski definition) is 4. The third kappa shape index (κ3) is 3.04. The maximum Gasteiger partial charge on any atom is 0.188 e. The third-order valence-electron chi connectivity index (χ3n) is 3.29. The molecule has 21 heavy (non-hydrogen) atoms. The minimum Gasteiger partial charge on any atom is -0.377 e. The van der Waals surface area contributed by atoms with Crippen molar-refractivity contribution in [2.75, 3.05) is 24.3 Å². The molecule has 2 aromatic carbocycles. The maximum absolute atomic E-state index is 4.63. The van der Waals surface area contributed by atoms with Crippen molar-refractivity contribution in [1.82, 2.24) is 4.98 Å². The smallest absolute Gasteiger partial charge is 0.188 e. The van der Waals surface area contributed by atoms with Crippen LogP contribution in [0.1, 0.15) is 5.56 Å². The molecule has 3 rings (SSSR count). The third-order valence-corrected chi connectivity index (χ3v) is 4.74. The van der Waals surface area contributed by atoms with E-state index >= 15 is 0 Å². The average molecular weight is 362 g/mol. The second-order valence-corrected chi connectivity index (χ2v) is 7.10. The number of aromatic nitrogens is 1. The van der Waals surface area contributed by atoms with Gasteiger partial charge >= 0.3 is 0 Å². The number of anilines is 3. The summed E-state index contributed by atoms with van der Waals surface area (Å²) in [6.45, 7) is 2.12. The van der Waals surface area contributed by atoms with Crippen LogP contribution in [0, 0.1) is 6.92 Å². The number of hydrogen-bond donors (Lipinski definition) is 1. The molecule has 0 aliphatic heterocycles. The molecule has 0 bridgehead atoms. The van der Waals surface area contributed by atoms with Crippen LogP contribution in [0.5, 0.6) is 0 Å². The highest BCUT2D eigenvalue weighted by atomic mass is 79.9. The molecule has 0 saturated heterocycles. The minimum absolute atomic E-state index is 0.914. The lowest BCUT2D eigenvalue weighted by Crippen LogP contribution is -2.10. The molecule has 5 heteroatoms. The predicted octanol–water partition coefficient (Wildman–Crippen LogP) is 5.18. The van der Waals surface area contributed by atoms with Gasteiger partial charge in [0.15, 0.2) is 5.13 Å². The van der Waals surface area contributed by atoms with E-state index in [9.17, 15) is 0 Å². The summed E-state index contributed by atoms with van der Waals surface area (Å²) >= 11 is 5.14. The van der Waals surface area contributed by atoms with Gasteiger partial charge in [-0.1, -0.05) is 33.3 Å². The Labute approximate surface area is 136 Å². The van der Waals surface area contributed by atoms with Crippen LogP contribution in [0.15, 0.2) is 40.9 Å². The van der Waals surface area contributed by atoms with Gasteiger partial charge in [0.1, 0.15) is 0 Å². The minimum atomic E-state index is 0.914. The molecule has 0 amide bonds. The molecule has 0 radical (unpaired) electrons. The summed E-state index contributed by atoms with van der Waals surface area (Å²) in [7, 11) is 4.11. The van der Waals surface area contributed by atoms with E-state index in [0.29, 0.717) is 0 Å². The van der Waals surface area contributed by atoms with Crippen LogP contribution in [-0.4, -0.2) is 19.1 Å². The molecule has 0 saturated carbocycles. The molecule has 3 aromatic rings. The van der Waals surface area contributed by atoms with E-state index in [1.165, 1.54) is 16.0 Å². The van der Waals surface area contributed by atoms with Crippen molar-refractivity contribution < 1.29 is 0 Å². The first kappa shape index (κ1) is 14.4. The Morgan fingerprint density at radius 3 is 2.71 bits per heavy atom. The molecule has 1 heterocycles. The van der Waals surface area contributed by atoms with Gasteiger partial charge in [-0.05, 0) is 42.8 Å². The number of aryl methyl sites for hydroxylation is 1. The Kier molecular flexibility index (Phi) is 3.87. The zero-order valence-electron chi connectivity index (χ0n) is 12.1. The van der Waals surface area contributed by atoms with E-state index in [0.717, 1.165) is 20.8 Å². The number of rotatable bonds is 3. The summed E-state index contributed by atoms with van der Waals surface area (Å²) in [6, 6.07) is 12.5. The lowest BCUT2D eigenvalue weighted by molar-refractivity contribution is 1.11. The van der Waals surface area contributed by atoms with Crippen LogP contribution >= 0.6 is 27.3 Å². The lowest BCUT2D eigenvalue weighted by Gasteiger charge is -2.16. The number of nitrogens with one attached hydrogen (secondary N) is 1. The Bertz CT molecular complexity index is 795. The van der Waals surface area contributed by atoms with Crippen LogP contribution in [0.25, 0.3) is 10.2 Å². The molecule has 0 aliphatic carbocycles. The van der Waals surface area contributed by atoms with Crippen LogP contribution in [0.4, 0.5) is 16.5 Å². The standard InChI is InChI=1S/C16H16BrN3S/c1-10-4-6-12(9-14(10)20(2)3)18-16-19-13-8-11(17)5-7-15(13)21-16/h4-9H,1-3H3,(H,18,19). The fraction of sp³-hybridized carbons (Fsp3) is 0.188. The van der Waals surface area contributed by atoms with Crippen molar-refractivity contribution in [3.63, 3.8) is 0 Å². The Morgan fingerprint density at radius 1 is 1.14 bits per heavy atom. The van der Waals surface area contributed by atoms with E-state index in [4.69, 9.17) is 0 Å². The first-order chi connectivity index (χ1) is 10.0. The van der Waals surface area contributed by atoms with Crippen LogP contribution < -0.4 is 10.2 Å². The van der Waals surface area contributed by atoms with Crippen LogP contribution in [0.2, 0.25) is 0 Å².